The van der Waals surface area contributed by atoms with Gasteiger partial charge in [-0.3, -0.25) is 0 Å². The molecule has 1 aliphatic heterocycles. The summed E-state index contributed by atoms with van der Waals surface area (Å²) in [5.74, 6) is 0.395. The smallest absolute Gasteiger partial charge is 0.225 e. The Morgan fingerprint density at radius 3 is 2.07 bits per heavy atom. The third-order valence-corrected chi connectivity index (χ3v) is 2.56. The van der Waals surface area contributed by atoms with Crippen molar-refractivity contribution in [2.24, 2.45) is 0 Å². The van der Waals surface area contributed by atoms with Gasteiger partial charge in [0.05, 0.1) is 11.4 Å². The molecule has 4 heteroatoms. The molecule has 3 nitrogen and oxygen atoms in total. The fraction of sp³-hybridized carbons (Fsp3) is 0.600. The Balaban J connectivity index is 2.34. The molecule has 1 aliphatic rings. The topological polar surface area (TPSA) is 29.0 Å². The van der Waals surface area contributed by atoms with Crippen LogP contribution in [-0.4, -0.2) is 23.1 Å². The first-order valence-corrected chi connectivity index (χ1v) is 4.94. The maximum atomic E-state index is 13.3. The predicted molar refractivity (Wildman–Crippen MR) is 52.9 cm³/mol. The van der Waals surface area contributed by atoms with E-state index >= 15 is 0 Å². The van der Waals surface area contributed by atoms with Gasteiger partial charge >= 0.3 is 0 Å². The van der Waals surface area contributed by atoms with E-state index in [0.717, 1.165) is 13.1 Å². The molecular formula is C10H14FN3. The van der Waals surface area contributed by atoms with Gasteiger partial charge in [0.25, 0.3) is 0 Å². The van der Waals surface area contributed by atoms with Crippen LogP contribution >= 0.6 is 0 Å². The van der Waals surface area contributed by atoms with Crippen molar-refractivity contribution in [3.63, 3.8) is 0 Å². The van der Waals surface area contributed by atoms with Gasteiger partial charge in [-0.05, 0) is 26.7 Å². The molecule has 0 saturated carbocycles. The van der Waals surface area contributed by atoms with E-state index in [2.05, 4.69) is 14.9 Å². The summed E-state index contributed by atoms with van der Waals surface area (Å²) in [4.78, 5) is 10.4. The van der Waals surface area contributed by atoms with Crippen LogP contribution in [0.25, 0.3) is 0 Å². The van der Waals surface area contributed by atoms with E-state index in [1.165, 1.54) is 12.8 Å². The minimum atomic E-state index is -0.284. The van der Waals surface area contributed by atoms with Gasteiger partial charge in [-0.25, -0.2) is 14.4 Å². The van der Waals surface area contributed by atoms with Crippen molar-refractivity contribution in [1.82, 2.24) is 9.97 Å². The average molecular weight is 195 g/mol. The fourth-order valence-electron chi connectivity index (χ4n) is 1.74. The molecule has 0 amide bonds. The van der Waals surface area contributed by atoms with Gasteiger partial charge in [0.2, 0.25) is 5.95 Å². The summed E-state index contributed by atoms with van der Waals surface area (Å²) in [6.45, 7) is 5.35. The maximum Gasteiger partial charge on any atom is 0.225 e. The van der Waals surface area contributed by atoms with Crippen molar-refractivity contribution in [1.29, 1.82) is 0 Å². The molecule has 0 bridgehead atoms. The van der Waals surface area contributed by atoms with Crippen LogP contribution in [0.3, 0.4) is 0 Å². The minimum Gasteiger partial charge on any atom is -0.341 e. The average Bonchev–Trinajstić information content (AvgIpc) is 2.66. The van der Waals surface area contributed by atoms with Gasteiger partial charge in [-0.15, -0.1) is 0 Å². The monoisotopic (exact) mass is 195 g/mol. The Hall–Kier alpha value is -1.19. The molecule has 1 saturated heterocycles. The van der Waals surface area contributed by atoms with Crippen molar-refractivity contribution >= 4 is 5.95 Å². The molecule has 0 spiro atoms. The summed E-state index contributed by atoms with van der Waals surface area (Å²) in [7, 11) is 0. The van der Waals surface area contributed by atoms with Crippen LogP contribution in [-0.2, 0) is 0 Å². The minimum absolute atomic E-state index is 0.284. The largest absolute Gasteiger partial charge is 0.341 e. The highest BCUT2D eigenvalue weighted by atomic mass is 19.1. The molecule has 76 valence electrons. The highest BCUT2D eigenvalue weighted by Gasteiger charge is 2.17. The standard InChI is InChI=1S/C10H14FN3/c1-7-9(11)8(2)13-10(12-7)14-5-3-4-6-14/h3-6H2,1-2H3. The molecule has 1 aromatic heterocycles. The zero-order valence-electron chi connectivity index (χ0n) is 8.55. The van der Waals surface area contributed by atoms with Gasteiger partial charge in [0, 0.05) is 13.1 Å². The maximum absolute atomic E-state index is 13.3. The number of hydrogen-bond acceptors (Lipinski definition) is 3. The van der Waals surface area contributed by atoms with E-state index in [1.54, 1.807) is 13.8 Å². The molecule has 0 unspecified atom stereocenters. The first kappa shape index (κ1) is 9.37. The Bertz CT molecular complexity index is 322. The van der Waals surface area contributed by atoms with Crippen molar-refractivity contribution in [3.05, 3.63) is 17.2 Å². The number of aromatic nitrogens is 2. The Morgan fingerprint density at radius 2 is 1.57 bits per heavy atom. The third kappa shape index (κ3) is 1.56. The number of anilines is 1. The van der Waals surface area contributed by atoms with Crippen LogP contribution in [0.15, 0.2) is 0 Å². The first-order chi connectivity index (χ1) is 6.68. The molecule has 0 atom stereocenters. The summed E-state index contributed by atoms with van der Waals surface area (Å²) in [5.41, 5.74) is 0.888. The highest BCUT2D eigenvalue weighted by Crippen LogP contribution is 2.18. The van der Waals surface area contributed by atoms with Crippen LogP contribution in [0.5, 0.6) is 0 Å². The zero-order valence-corrected chi connectivity index (χ0v) is 8.55. The molecule has 14 heavy (non-hydrogen) atoms. The van der Waals surface area contributed by atoms with E-state index in [1.807, 2.05) is 0 Å². The zero-order chi connectivity index (χ0) is 10.1. The summed E-state index contributed by atoms with van der Waals surface area (Å²) in [6.07, 6.45) is 2.36. The van der Waals surface area contributed by atoms with Gasteiger partial charge in [0.1, 0.15) is 0 Å². The predicted octanol–water partition coefficient (Wildman–Crippen LogP) is 1.83. The number of rotatable bonds is 1. The van der Waals surface area contributed by atoms with Crippen LogP contribution in [0.2, 0.25) is 0 Å². The molecule has 0 aliphatic carbocycles. The third-order valence-electron chi connectivity index (χ3n) is 2.56. The molecule has 1 aromatic rings. The van der Waals surface area contributed by atoms with Crippen molar-refractivity contribution in [2.75, 3.05) is 18.0 Å². The van der Waals surface area contributed by atoms with Gasteiger partial charge < -0.3 is 4.90 Å². The van der Waals surface area contributed by atoms with Gasteiger partial charge in [-0.1, -0.05) is 0 Å². The van der Waals surface area contributed by atoms with E-state index < -0.39 is 0 Å². The highest BCUT2D eigenvalue weighted by molar-refractivity contribution is 5.33. The summed E-state index contributed by atoms with van der Waals surface area (Å²) in [5, 5.41) is 0. The molecule has 0 aromatic carbocycles. The Labute approximate surface area is 83.0 Å². The van der Waals surface area contributed by atoms with Crippen LogP contribution < -0.4 is 4.90 Å². The van der Waals surface area contributed by atoms with Crippen molar-refractivity contribution in [3.8, 4) is 0 Å². The lowest BCUT2D eigenvalue weighted by Crippen LogP contribution is -2.21. The molecule has 2 rings (SSSR count). The van der Waals surface area contributed by atoms with Crippen molar-refractivity contribution < 1.29 is 4.39 Å². The lowest BCUT2D eigenvalue weighted by Gasteiger charge is -2.16. The lowest BCUT2D eigenvalue weighted by molar-refractivity contribution is 0.588. The number of halogens is 1. The van der Waals surface area contributed by atoms with E-state index in [-0.39, 0.29) is 5.82 Å². The lowest BCUT2D eigenvalue weighted by atomic mass is 10.3. The fourth-order valence-corrected chi connectivity index (χ4v) is 1.74. The molecule has 0 N–H and O–H groups in total. The van der Waals surface area contributed by atoms with Crippen molar-refractivity contribution in [2.45, 2.75) is 26.7 Å². The second kappa shape index (κ2) is 3.52. The molecule has 0 radical (unpaired) electrons. The van der Waals surface area contributed by atoms with Crippen LogP contribution in [0.4, 0.5) is 10.3 Å². The summed E-state index contributed by atoms with van der Waals surface area (Å²) >= 11 is 0. The second-order valence-corrected chi connectivity index (χ2v) is 3.70. The van der Waals surface area contributed by atoms with E-state index in [0.29, 0.717) is 17.3 Å². The van der Waals surface area contributed by atoms with E-state index in [4.69, 9.17) is 0 Å². The number of nitrogens with zero attached hydrogens (tertiary/aromatic N) is 3. The first-order valence-electron chi connectivity index (χ1n) is 4.94. The molecule has 2 heterocycles. The number of hydrogen-bond donors (Lipinski definition) is 0. The summed E-state index contributed by atoms with van der Waals surface area (Å²) in [6, 6.07) is 0. The quantitative estimate of drug-likeness (QED) is 0.684. The Morgan fingerprint density at radius 1 is 1.07 bits per heavy atom. The second-order valence-electron chi connectivity index (χ2n) is 3.70. The van der Waals surface area contributed by atoms with Gasteiger partial charge in [0.15, 0.2) is 5.82 Å². The normalized spacial score (nSPS) is 16.4. The SMILES string of the molecule is Cc1nc(N2CCCC2)nc(C)c1F. The molecule has 1 fully saturated rings. The Kier molecular flexibility index (Phi) is 2.35. The van der Waals surface area contributed by atoms with Gasteiger partial charge in [-0.2, -0.15) is 0 Å². The molecular weight excluding hydrogens is 181 g/mol. The number of aryl methyl sites for hydroxylation is 2. The van der Waals surface area contributed by atoms with Crippen LogP contribution in [0, 0.1) is 19.7 Å². The van der Waals surface area contributed by atoms with E-state index in [9.17, 15) is 4.39 Å². The summed E-state index contributed by atoms with van der Waals surface area (Å²) < 4.78 is 13.3. The van der Waals surface area contributed by atoms with Crippen LogP contribution in [0.1, 0.15) is 24.2 Å².